The average molecular weight is 258 g/mol. The molecule has 102 valence electrons. The molecule has 0 bridgehead atoms. The third kappa shape index (κ3) is 3.52. The second-order valence-corrected chi connectivity index (χ2v) is 3.98. The number of nitrogens with zero attached hydrogens (tertiary/aromatic N) is 1. The van der Waals surface area contributed by atoms with Gasteiger partial charge in [-0.25, -0.2) is 4.79 Å². The first-order valence-corrected chi connectivity index (χ1v) is 5.75. The van der Waals surface area contributed by atoms with Crippen LogP contribution in [0.4, 0.5) is 0 Å². The van der Waals surface area contributed by atoms with Crippen LogP contribution in [0, 0.1) is 0 Å². The van der Waals surface area contributed by atoms with E-state index in [-0.39, 0.29) is 6.61 Å². The second-order valence-electron chi connectivity index (χ2n) is 3.98. The Morgan fingerprint density at radius 1 is 1.50 bits per heavy atom. The quantitative estimate of drug-likeness (QED) is 0.620. The van der Waals surface area contributed by atoms with E-state index >= 15 is 0 Å². The van der Waals surface area contributed by atoms with Gasteiger partial charge in [0.1, 0.15) is 12.3 Å². The predicted molar refractivity (Wildman–Crippen MR) is 64.3 cm³/mol. The van der Waals surface area contributed by atoms with Crippen molar-refractivity contribution in [2.24, 2.45) is 0 Å². The van der Waals surface area contributed by atoms with Gasteiger partial charge in [0.2, 0.25) is 0 Å². The van der Waals surface area contributed by atoms with Crippen LogP contribution in [0.1, 0.15) is 26.5 Å². The normalized spacial score (nSPS) is 16.2. The molecule has 18 heavy (non-hydrogen) atoms. The van der Waals surface area contributed by atoms with Crippen molar-refractivity contribution in [3.8, 4) is 0 Å². The Morgan fingerprint density at radius 3 is 2.61 bits per heavy atom. The zero-order valence-electron chi connectivity index (χ0n) is 10.4. The molecule has 7 heteroatoms. The van der Waals surface area contributed by atoms with Gasteiger partial charge in [0, 0.05) is 12.3 Å². The monoisotopic (exact) mass is 258 g/mol. The van der Waals surface area contributed by atoms with Crippen LogP contribution in [0.5, 0.6) is 0 Å². The average Bonchev–Trinajstić information content (AvgIpc) is 2.31. The second kappa shape index (κ2) is 6.48. The van der Waals surface area contributed by atoms with Crippen LogP contribution < -0.4 is 11.2 Å². The molecule has 1 aromatic rings. The number of aromatic amines is 1. The summed E-state index contributed by atoms with van der Waals surface area (Å²) in [6.07, 6.45) is -0.515. The molecule has 0 aromatic carbocycles. The molecule has 0 aliphatic rings. The van der Waals surface area contributed by atoms with Crippen molar-refractivity contribution in [3.05, 3.63) is 33.1 Å². The number of aromatic nitrogens is 2. The van der Waals surface area contributed by atoms with Crippen molar-refractivity contribution in [1.82, 2.24) is 9.55 Å². The first kappa shape index (κ1) is 14.6. The van der Waals surface area contributed by atoms with E-state index < -0.39 is 29.7 Å². The van der Waals surface area contributed by atoms with E-state index in [0.29, 0.717) is 6.42 Å². The molecule has 0 amide bonds. The molecule has 0 radical (unpaired) electrons. The summed E-state index contributed by atoms with van der Waals surface area (Å²) in [5.41, 5.74) is -1.07. The standard InChI is InChI=1S/C11H18N2O5/c1-3-10(18-8(6-14)7(2)15)13-5-4-9(16)12-11(13)17/h4-5,7-8,10,14-15H,3,6H2,1-2H3,(H,12,16,17)/t7-,8+,10+/m0/s1. The number of hydrogen-bond acceptors (Lipinski definition) is 5. The van der Waals surface area contributed by atoms with Crippen LogP contribution in [0.15, 0.2) is 21.9 Å². The third-order valence-corrected chi connectivity index (χ3v) is 2.56. The fourth-order valence-corrected chi connectivity index (χ4v) is 1.52. The molecule has 0 aliphatic heterocycles. The number of hydrogen-bond donors (Lipinski definition) is 3. The van der Waals surface area contributed by atoms with E-state index in [4.69, 9.17) is 9.84 Å². The summed E-state index contributed by atoms with van der Waals surface area (Å²) >= 11 is 0. The Bertz CT molecular complexity index is 479. The summed E-state index contributed by atoms with van der Waals surface area (Å²) in [7, 11) is 0. The smallest absolute Gasteiger partial charge is 0.330 e. The van der Waals surface area contributed by atoms with E-state index in [2.05, 4.69) is 4.98 Å². The summed E-state index contributed by atoms with van der Waals surface area (Å²) in [5, 5.41) is 18.5. The topological polar surface area (TPSA) is 105 Å². The highest BCUT2D eigenvalue weighted by Gasteiger charge is 2.21. The zero-order chi connectivity index (χ0) is 13.7. The van der Waals surface area contributed by atoms with Gasteiger partial charge in [0.05, 0.1) is 12.7 Å². The van der Waals surface area contributed by atoms with Gasteiger partial charge in [-0.2, -0.15) is 0 Å². The van der Waals surface area contributed by atoms with Gasteiger partial charge in [-0.15, -0.1) is 0 Å². The minimum atomic E-state index is -0.859. The first-order chi connectivity index (χ1) is 8.49. The van der Waals surface area contributed by atoms with Crippen LogP contribution in [0.3, 0.4) is 0 Å². The molecule has 0 aliphatic carbocycles. The van der Waals surface area contributed by atoms with Crippen molar-refractivity contribution in [3.63, 3.8) is 0 Å². The number of ether oxygens (including phenoxy) is 1. The molecular weight excluding hydrogens is 240 g/mol. The molecule has 0 fully saturated rings. The van der Waals surface area contributed by atoms with Gasteiger partial charge in [0.25, 0.3) is 5.56 Å². The SMILES string of the molecule is CC[C@@H](O[C@H](CO)[C@H](C)O)n1ccc(=O)[nH]c1=O. The minimum absolute atomic E-state index is 0.355. The molecule has 7 nitrogen and oxygen atoms in total. The maximum Gasteiger partial charge on any atom is 0.330 e. The summed E-state index contributed by atoms with van der Waals surface area (Å²) in [6.45, 7) is 2.92. The summed E-state index contributed by atoms with van der Waals surface area (Å²) in [6, 6.07) is 1.21. The van der Waals surface area contributed by atoms with Gasteiger partial charge in [0.15, 0.2) is 0 Å². The lowest BCUT2D eigenvalue weighted by Gasteiger charge is -2.25. The summed E-state index contributed by atoms with van der Waals surface area (Å²) in [4.78, 5) is 24.7. The first-order valence-electron chi connectivity index (χ1n) is 5.75. The van der Waals surface area contributed by atoms with Crippen LogP contribution in [-0.4, -0.2) is 38.6 Å². The third-order valence-electron chi connectivity index (χ3n) is 2.56. The largest absolute Gasteiger partial charge is 0.394 e. The fraction of sp³-hybridized carbons (Fsp3) is 0.636. The van der Waals surface area contributed by atoms with Gasteiger partial charge < -0.3 is 14.9 Å². The van der Waals surface area contributed by atoms with Gasteiger partial charge in [-0.3, -0.25) is 14.3 Å². The number of aliphatic hydroxyl groups excluding tert-OH is 2. The van der Waals surface area contributed by atoms with Crippen LogP contribution in [0.2, 0.25) is 0 Å². The highest BCUT2D eigenvalue weighted by Crippen LogP contribution is 2.14. The van der Waals surface area contributed by atoms with E-state index in [0.717, 1.165) is 0 Å². The van der Waals surface area contributed by atoms with Crippen LogP contribution >= 0.6 is 0 Å². The predicted octanol–water partition coefficient (Wildman–Crippen LogP) is -0.797. The molecular formula is C11H18N2O5. The lowest BCUT2D eigenvalue weighted by Crippen LogP contribution is -2.37. The molecule has 1 aromatic heterocycles. The number of H-pyrrole nitrogens is 1. The number of rotatable bonds is 6. The number of nitrogens with one attached hydrogen (secondary N) is 1. The fourth-order valence-electron chi connectivity index (χ4n) is 1.52. The van der Waals surface area contributed by atoms with Crippen molar-refractivity contribution >= 4 is 0 Å². The van der Waals surface area contributed by atoms with Crippen molar-refractivity contribution in [1.29, 1.82) is 0 Å². The molecule has 3 atom stereocenters. The number of aliphatic hydroxyl groups is 2. The highest BCUT2D eigenvalue weighted by atomic mass is 16.5. The molecule has 0 saturated carbocycles. The molecule has 0 saturated heterocycles. The highest BCUT2D eigenvalue weighted by molar-refractivity contribution is 4.84. The lowest BCUT2D eigenvalue weighted by molar-refractivity contribution is -0.121. The van der Waals surface area contributed by atoms with E-state index in [9.17, 15) is 14.7 Å². The van der Waals surface area contributed by atoms with Crippen molar-refractivity contribution < 1.29 is 14.9 Å². The molecule has 0 unspecified atom stereocenters. The molecule has 1 rings (SSSR count). The maximum absolute atomic E-state index is 11.6. The molecule has 0 spiro atoms. The van der Waals surface area contributed by atoms with E-state index in [1.165, 1.54) is 23.8 Å². The summed E-state index contributed by atoms with van der Waals surface area (Å²) in [5.74, 6) is 0. The lowest BCUT2D eigenvalue weighted by atomic mass is 10.2. The van der Waals surface area contributed by atoms with Gasteiger partial charge in [-0.1, -0.05) is 6.92 Å². The summed E-state index contributed by atoms with van der Waals surface area (Å²) < 4.78 is 6.67. The van der Waals surface area contributed by atoms with Crippen molar-refractivity contribution in [2.75, 3.05) is 6.61 Å². The maximum atomic E-state index is 11.6. The Kier molecular flexibility index (Phi) is 5.26. The van der Waals surface area contributed by atoms with Crippen LogP contribution in [-0.2, 0) is 4.74 Å². The van der Waals surface area contributed by atoms with Crippen LogP contribution in [0.25, 0.3) is 0 Å². The Labute approximate surface area is 104 Å². The van der Waals surface area contributed by atoms with Gasteiger partial charge in [-0.05, 0) is 13.3 Å². The Hall–Kier alpha value is -1.44. The van der Waals surface area contributed by atoms with E-state index in [1.807, 2.05) is 0 Å². The van der Waals surface area contributed by atoms with Crippen molar-refractivity contribution in [2.45, 2.75) is 38.7 Å². The molecule has 3 N–H and O–H groups in total. The molecule has 1 heterocycles. The zero-order valence-corrected chi connectivity index (χ0v) is 10.4. The minimum Gasteiger partial charge on any atom is -0.394 e. The Balaban J connectivity index is 2.96. The Morgan fingerprint density at radius 2 is 2.17 bits per heavy atom. The van der Waals surface area contributed by atoms with E-state index in [1.54, 1.807) is 6.92 Å². The van der Waals surface area contributed by atoms with Gasteiger partial charge >= 0.3 is 5.69 Å².